The van der Waals surface area contributed by atoms with Gasteiger partial charge in [0.05, 0.1) is 32.5 Å². The molecule has 1 heterocycles. The Morgan fingerprint density at radius 2 is 2.10 bits per heavy atom. The second kappa shape index (κ2) is 6.64. The van der Waals surface area contributed by atoms with Crippen molar-refractivity contribution in [3.05, 3.63) is 23.8 Å². The summed E-state index contributed by atoms with van der Waals surface area (Å²) in [6.45, 7) is 7.04. The van der Waals surface area contributed by atoms with E-state index in [1.54, 1.807) is 20.3 Å². The molecule has 0 amide bonds. The summed E-state index contributed by atoms with van der Waals surface area (Å²) in [5.41, 5.74) is 0.615. The summed E-state index contributed by atoms with van der Waals surface area (Å²) in [6.07, 6.45) is -0.597. The zero-order valence-electron chi connectivity index (χ0n) is 13.3. The van der Waals surface area contributed by atoms with Gasteiger partial charge in [0.15, 0.2) is 0 Å². The van der Waals surface area contributed by atoms with Crippen LogP contribution in [-0.4, -0.2) is 56.1 Å². The largest absolute Gasteiger partial charge is 0.497 e. The molecule has 1 saturated heterocycles. The molecule has 21 heavy (non-hydrogen) atoms. The molecule has 1 atom stereocenters. The second-order valence-electron chi connectivity index (χ2n) is 5.97. The lowest BCUT2D eigenvalue weighted by atomic mass is 10.0. The van der Waals surface area contributed by atoms with Crippen molar-refractivity contribution in [1.82, 2.24) is 4.90 Å². The van der Waals surface area contributed by atoms with Gasteiger partial charge in [0.1, 0.15) is 11.5 Å². The molecule has 5 heteroatoms. The van der Waals surface area contributed by atoms with Crippen LogP contribution in [0.25, 0.3) is 0 Å². The van der Waals surface area contributed by atoms with Gasteiger partial charge in [-0.05, 0) is 26.0 Å². The second-order valence-corrected chi connectivity index (χ2v) is 5.97. The number of hydrogen-bond acceptors (Lipinski definition) is 5. The molecule has 1 unspecified atom stereocenters. The third-order valence-corrected chi connectivity index (χ3v) is 3.74. The van der Waals surface area contributed by atoms with E-state index >= 15 is 0 Å². The fourth-order valence-corrected chi connectivity index (χ4v) is 2.71. The summed E-state index contributed by atoms with van der Waals surface area (Å²) < 4.78 is 16.2. The highest BCUT2D eigenvalue weighted by atomic mass is 16.5. The Balaban J connectivity index is 2.07. The third-order valence-electron chi connectivity index (χ3n) is 3.74. The van der Waals surface area contributed by atoms with Gasteiger partial charge in [0, 0.05) is 31.3 Å². The smallest absolute Gasteiger partial charge is 0.128 e. The fourth-order valence-electron chi connectivity index (χ4n) is 2.71. The molecular formula is C16H25NO4. The van der Waals surface area contributed by atoms with E-state index in [0.717, 1.165) is 24.4 Å². The van der Waals surface area contributed by atoms with Gasteiger partial charge in [-0.1, -0.05) is 0 Å². The molecule has 0 aliphatic carbocycles. The normalized spacial score (nSPS) is 20.0. The average molecular weight is 295 g/mol. The predicted molar refractivity (Wildman–Crippen MR) is 81.0 cm³/mol. The van der Waals surface area contributed by atoms with E-state index in [-0.39, 0.29) is 5.60 Å². The zero-order valence-corrected chi connectivity index (χ0v) is 13.3. The molecule has 0 saturated carbocycles. The summed E-state index contributed by atoms with van der Waals surface area (Å²) in [5.74, 6) is 1.37. The predicted octanol–water partition coefficient (Wildman–Crippen LogP) is 1.85. The van der Waals surface area contributed by atoms with Crippen LogP contribution in [0.3, 0.4) is 0 Å². The van der Waals surface area contributed by atoms with Crippen molar-refractivity contribution in [2.24, 2.45) is 0 Å². The molecule has 5 nitrogen and oxygen atoms in total. The number of hydrogen-bond donors (Lipinski definition) is 1. The number of morpholine rings is 1. The first kappa shape index (κ1) is 16.1. The van der Waals surface area contributed by atoms with Crippen molar-refractivity contribution in [1.29, 1.82) is 0 Å². The van der Waals surface area contributed by atoms with Gasteiger partial charge in [0.25, 0.3) is 0 Å². The van der Waals surface area contributed by atoms with Crippen LogP contribution >= 0.6 is 0 Å². The first-order valence-corrected chi connectivity index (χ1v) is 7.21. The Morgan fingerprint density at radius 3 is 2.71 bits per heavy atom. The maximum Gasteiger partial charge on any atom is 0.128 e. The molecule has 0 radical (unpaired) electrons. The summed E-state index contributed by atoms with van der Waals surface area (Å²) in [5, 5.41) is 10.5. The van der Waals surface area contributed by atoms with Gasteiger partial charge in [-0.3, -0.25) is 4.90 Å². The van der Waals surface area contributed by atoms with E-state index in [1.165, 1.54) is 0 Å². The minimum absolute atomic E-state index is 0.165. The van der Waals surface area contributed by atoms with E-state index < -0.39 is 6.10 Å². The van der Waals surface area contributed by atoms with Gasteiger partial charge < -0.3 is 19.3 Å². The van der Waals surface area contributed by atoms with Crippen molar-refractivity contribution >= 4 is 0 Å². The van der Waals surface area contributed by atoms with Crippen LogP contribution in [0.15, 0.2) is 18.2 Å². The van der Waals surface area contributed by atoms with E-state index in [1.807, 2.05) is 12.1 Å². The Hall–Kier alpha value is -1.30. The number of aliphatic hydroxyl groups is 1. The third kappa shape index (κ3) is 4.09. The Labute approximate surface area is 126 Å². The molecule has 1 N–H and O–H groups in total. The number of methoxy groups -OCH3 is 2. The van der Waals surface area contributed by atoms with E-state index in [9.17, 15) is 5.11 Å². The molecule has 0 aromatic heterocycles. The zero-order chi connectivity index (χ0) is 15.5. The summed E-state index contributed by atoms with van der Waals surface area (Å²) in [4.78, 5) is 2.22. The Morgan fingerprint density at radius 1 is 1.33 bits per heavy atom. The average Bonchev–Trinajstić information content (AvgIpc) is 2.45. The summed E-state index contributed by atoms with van der Waals surface area (Å²) in [6, 6.07) is 5.49. The van der Waals surface area contributed by atoms with Gasteiger partial charge >= 0.3 is 0 Å². The van der Waals surface area contributed by atoms with Crippen LogP contribution in [0, 0.1) is 0 Å². The van der Waals surface area contributed by atoms with E-state index in [2.05, 4.69) is 18.7 Å². The number of β-amino-alcohol motifs (C(OH)–C–C–N with tert-alkyl or cyclic N) is 1. The van der Waals surface area contributed by atoms with Crippen molar-refractivity contribution < 1.29 is 19.3 Å². The number of nitrogens with zero attached hydrogens (tertiary/aromatic N) is 1. The van der Waals surface area contributed by atoms with Crippen LogP contribution in [0.5, 0.6) is 11.5 Å². The lowest BCUT2D eigenvalue weighted by molar-refractivity contribution is -0.0933. The van der Waals surface area contributed by atoms with Crippen molar-refractivity contribution in [2.45, 2.75) is 25.6 Å². The molecular weight excluding hydrogens is 270 g/mol. The van der Waals surface area contributed by atoms with Crippen LogP contribution < -0.4 is 9.47 Å². The molecule has 118 valence electrons. The Kier molecular flexibility index (Phi) is 5.08. The Bertz CT molecular complexity index is 475. The van der Waals surface area contributed by atoms with Crippen LogP contribution in [-0.2, 0) is 4.74 Å². The monoisotopic (exact) mass is 295 g/mol. The summed E-state index contributed by atoms with van der Waals surface area (Å²) in [7, 11) is 3.21. The van der Waals surface area contributed by atoms with E-state index in [4.69, 9.17) is 14.2 Å². The lowest BCUT2D eigenvalue weighted by Crippen LogP contribution is -2.49. The maximum absolute atomic E-state index is 10.5. The lowest BCUT2D eigenvalue weighted by Gasteiger charge is -2.39. The number of aliphatic hydroxyl groups excluding tert-OH is 1. The molecule has 1 aromatic rings. The highest BCUT2D eigenvalue weighted by Crippen LogP contribution is 2.30. The first-order valence-electron chi connectivity index (χ1n) is 7.21. The standard InChI is InChI=1S/C16H25NO4/c1-16(2)11-17(7-8-21-16)10-14(18)13-6-5-12(19-3)9-15(13)20-4/h5-6,9,14,18H,7-8,10-11H2,1-4H3. The fraction of sp³-hybridized carbons (Fsp3) is 0.625. The minimum atomic E-state index is -0.597. The highest BCUT2D eigenvalue weighted by Gasteiger charge is 2.29. The van der Waals surface area contributed by atoms with Crippen LogP contribution in [0.4, 0.5) is 0 Å². The number of rotatable bonds is 5. The van der Waals surface area contributed by atoms with Crippen LogP contribution in [0.2, 0.25) is 0 Å². The highest BCUT2D eigenvalue weighted by molar-refractivity contribution is 5.42. The van der Waals surface area contributed by atoms with E-state index in [0.29, 0.717) is 18.9 Å². The molecule has 1 aromatic carbocycles. The van der Waals surface area contributed by atoms with Gasteiger partial charge in [-0.15, -0.1) is 0 Å². The van der Waals surface area contributed by atoms with Crippen molar-refractivity contribution in [3.63, 3.8) is 0 Å². The quantitative estimate of drug-likeness (QED) is 0.898. The number of benzene rings is 1. The first-order chi connectivity index (χ1) is 9.95. The molecule has 0 spiro atoms. The van der Waals surface area contributed by atoms with Crippen LogP contribution in [0.1, 0.15) is 25.5 Å². The van der Waals surface area contributed by atoms with Gasteiger partial charge in [0.2, 0.25) is 0 Å². The molecule has 0 bridgehead atoms. The maximum atomic E-state index is 10.5. The molecule has 2 rings (SSSR count). The number of ether oxygens (including phenoxy) is 3. The molecule has 1 fully saturated rings. The van der Waals surface area contributed by atoms with Gasteiger partial charge in [-0.2, -0.15) is 0 Å². The van der Waals surface area contributed by atoms with Crippen molar-refractivity contribution in [3.8, 4) is 11.5 Å². The summed E-state index contributed by atoms with van der Waals surface area (Å²) >= 11 is 0. The topological polar surface area (TPSA) is 51.2 Å². The minimum Gasteiger partial charge on any atom is -0.497 e. The van der Waals surface area contributed by atoms with Gasteiger partial charge in [-0.25, -0.2) is 0 Å². The molecule has 1 aliphatic heterocycles. The molecule has 1 aliphatic rings. The van der Waals surface area contributed by atoms with Crippen molar-refractivity contribution in [2.75, 3.05) is 40.5 Å². The SMILES string of the molecule is COc1ccc(C(O)CN2CCOC(C)(C)C2)c(OC)c1.